The standard InChI is InChI=1S/C16H17ClN4O3/c17-12-4-2-1-3-11(12)15-14(19-10-24-15)16(23)21-7-5-20(6-8-21)9-13(18)22/h1-4,10H,5-9H2,(H2,18,22). The molecule has 1 aliphatic rings. The summed E-state index contributed by atoms with van der Waals surface area (Å²) in [5.74, 6) is -0.213. The van der Waals surface area contributed by atoms with Gasteiger partial charge < -0.3 is 15.1 Å². The van der Waals surface area contributed by atoms with Gasteiger partial charge in [-0.25, -0.2) is 4.98 Å². The molecular weight excluding hydrogens is 332 g/mol. The van der Waals surface area contributed by atoms with Crippen LogP contribution in [0.1, 0.15) is 10.5 Å². The molecule has 8 heteroatoms. The second-order valence-corrected chi connectivity index (χ2v) is 5.95. The molecule has 24 heavy (non-hydrogen) atoms. The number of aromatic nitrogens is 1. The van der Waals surface area contributed by atoms with Crippen LogP contribution in [0.2, 0.25) is 5.02 Å². The summed E-state index contributed by atoms with van der Waals surface area (Å²) in [7, 11) is 0. The lowest BCUT2D eigenvalue weighted by Gasteiger charge is -2.33. The Kier molecular flexibility index (Phi) is 4.82. The van der Waals surface area contributed by atoms with E-state index in [2.05, 4.69) is 4.98 Å². The van der Waals surface area contributed by atoms with Crippen molar-refractivity contribution in [2.75, 3.05) is 32.7 Å². The SMILES string of the molecule is NC(=O)CN1CCN(C(=O)c2ncoc2-c2ccccc2Cl)CC1. The third kappa shape index (κ3) is 3.42. The lowest BCUT2D eigenvalue weighted by molar-refractivity contribution is -0.119. The van der Waals surface area contributed by atoms with E-state index in [1.54, 1.807) is 17.0 Å². The van der Waals surface area contributed by atoms with E-state index in [0.717, 1.165) is 0 Å². The molecule has 0 unspecified atom stereocenters. The van der Waals surface area contributed by atoms with Gasteiger partial charge in [0.05, 0.1) is 11.6 Å². The average molecular weight is 349 g/mol. The number of hydrogen-bond donors (Lipinski definition) is 1. The van der Waals surface area contributed by atoms with Gasteiger partial charge in [0.25, 0.3) is 5.91 Å². The van der Waals surface area contributed by atoms with Crippen LogP contribution >= 0.6 is 11.6 Å². The Bertz CT molecular complexity index is 753. The van der Waals surface area contributed by atoms with Crippen LogP contribution in [0.5, 0.6) is 0 Å². The fourth-order valence-electron chi connectivity index (χ4n) is 2.71. The molecule has 0 saturated carbocycles. The van der Waals surface area contributed by atoms with Crippen LogP contribution in [0.4, 0.5) is 0 Å². The first kappa shape index (κ1) is 16.5. The average Bonchev–Trinajstić information content (AvgIpc) is 3.04. The largest absolute Gasteiger partial charge is 0.443 e. The smallest absolute Gasteiger partial charge is 0.276 e. The molecule has 1 aliphatic heterocycles. The van der Waals surface area contributed by atoms with Gasteiger partial charge in [-0.15, -0.1) is 0 Å². The highest BCUT2D eigenvalue weighted by Crippen LogP contribution is 2.30. The molecule has 1 fully saturated rings. The third-order valence-corrected chi connectivity index (χ3v) is 4.26. The lowest BCUT2D eigenvalue weighted by atomic mass is 10.1. The highest BCUT2D eigenvalue weighted by molar-refractivity contribution is 6.33. The van der Waals surface area contributed by atoms with Crippen molar-refractivity contribution < 1.29 is 14.0 Å². The van der Waals surface area contributed by atoms with Crippen molar-refractivity contribution in [1.29, 1.82) is 0 Å². The van der Waals surface area contributed by atoms with E-state index in [1.165, 1.54) is 6.39 Å². The molecule has 7 nitrogen and oxygen atoms in total. The minimum Gasteiger partial charge on any atom is -0.443 e. The molecule has 2 aromatic rings. The maximum atomic E-state index is 12.7. The second kappa shape index (κ2) is 7.02. The van der Waals surface area contributed by atoms with Crippen LogP contribution in [0, 0.1) is 0 Å². The Morgan fingerprint density at radius 1 is 1.21 bits per heavy atom. The first-order valence-corrected chi connectivity index (χ1v) is 7.92. The van der Waals surface area contributed by atoms with E-state index in [9.17, 15) is 9.59 Å². The van der Waals surface area contributed by atoms with Crippen molar-refractivity contribution in [3.05, 3.63) is 41.4 Å². The molecule has 0 spiro atoms. The minimum atomic E-state index is -0.368. The Balaban J connectivity index is 1.75. The molecule has 3 rings (SSSR count). The van der Waals surface area contributed by atoms with Crippen molar-refractivity contribution in [3.8, 4) is 11.3 Å². The number of carbonyl (C=O) groups excluding carboxylic acids is 2. The second-order valence-electron chi connectivity index (χ2n) is 5.54. The van der Waals surface area contributed by atoms with E-state index < -0.39 is 0 Å². The molecule has 126 valence electrons. The molecule has 2 amide bonds. The summed E-state index contributed by atoms with van der Waals surface area (Å²) in [6, 6.07) is 7.14. The molecule has 1 aromatic carbocycles. The quantitative estimate of drug-likeness (QED) is 0.897. The number of nitrogens with zero attached hydrogens (tertiary/aromatic N) is 3. The first-order valence-electron chi connectivity index (χ1n) is 7.54. The monoisotopic (exact) mass is 348 g/mol. The fourth-order valence-corrected chi connectivity index (χ4v) is 2.94. The van der Waals surface area contributed by atoms with Gasteiger partial charge in [-0.2, -0.15) is 0 Å². The Morgan fingerprint density at radius 2 is 1.92 bits per heavy atom. The van der Waals surface area contributed by atoms with Gasteiger partial charge in [0, 0.05) is 31.7 Å². The maximum Gasteiger partial charge on any atom is 0.276 e. The zero-order valence-electron chi connectivity index (χ0n) is 12.9. The van der Waals surface area contributed by atoms with Crippen molar-refractivity contribution in [3.63, 3.8) is 0 Å². The minimum absolute atomic E-state index is 0.205. The molecule has 0 atom stereocenters. The number of oxazole rings is 1. The number of carbonyl (C=O) groups is 2. The zero-order chi connectivity index (χ0) is 17.1. The molecule has 1 saturated heterocycles. The molecule has 0 radical (unpaired) electrons. The van der Waals surface area contributed by atoms with Crippen LogP contribution in [0.25, 0.3) is 11.3 Å². The lowest BCUT2D eigenvalue weighted by Crippen LogP contribution is -2.50. The fraction of sp³-hybridized carbons (Fsp3) is 0.312. The Hall–Kier alpha value is -2.38. The van der Waals surface area contributed by atoms with Gasteiger partial charge in [-0.1, -0.05) is 23.7 Å². The van der Waals surface area contributed by atoms with Crippen LogP contribution < -0.4 is 5.73 Å². The number of piperazine rings is 1. The van der Waals surface area contributed by atoms with Gasteiger partial charge in [-0.05, 0) is 12.1 Å². The van der Waals surface area contributed by atoms with E-state index in [4.69, 9.17) is 21.8 Å². The molecule has 0 aliphatic carbocycles. The summed E-state index contributed by atoms with van der Waals surface area (Å²) >= 11 is 6.18. The predicted octanol–water partition coefficient (Wildman–Crippen LogP) is 1.24. The maximum absolute atomic E-state index is 12.7. The molecule has 2 heterocycles. The number of halogens is 1. The number of nitrogens with two attached hydrogens (primary N) is 1. The Labute approximate surface area is 144 Å². The molecule has 0 bridgehead atoms. The topological polar surface area (TPSA) is 92.7 Å². The Morgan fingerprint density at radius 3 is 2.58 bits per heavy atom. The van der Waals surface area contributed by atoms with Crippen molar-refractivity contribution in [2.24, 2.45) is 5.73 Å². The normalized spacial score (nSPS) is 15.5. The number of benzene rings is 1. The summed E-state index contributed by atoms with van der Waals surface area (Å²) in [6.45, 7) is 2.39. The molecule has 1 aromatic heterocycles. The summed E-state index contributed by atoms with van der Waals surface area (Å²) in [5, 5.41) is 0.495. The van der Waals surface area contributed by atoms with Crippen molar-refractivity contribution in [2.45, 2.75) is 0 Å². The van der Waals surface area contributed by atoms with Gasteiger partial charge >= 0.3 is 0 Å². The van der Waals surface area contributed by atoms with Crippen LogP contribution in [0.3, 0.4) is 0 Å². The van der Waals surface area contributed by atoms with Gasteiger partial charge in [0.2, 0.25) is 5.91 Å². The van der Waals surface area contributed by atoms with E-state index >= 15 is 0 Å². The summed E-state index contributed by atoms with van der Waals surface area (Å²) in [4.78, 5) is 31.4. The summed E-state index contributed by atoms with van der Waals surface area (Å²) in [6.07, 6.45) is 1.25. The summed E-state index contributed by atoms with van der Waals surface area (Å²) < 4.78 is 5.40. The zero-order valence-corrected chi connectivity index (χ0v) is 13.7. The van der Waals surface area contributed by atoms with Gasteiger partial charge in [0.15, 0.2) is 17.8 Å². The highest BCUT2D eigenvalue weighted by Gasteiger charge is 2.27. The van der Waals surface area contributed by atoms with E-state index in [0.29, 0.717) is 42.5 Å². The molecule has 2 N–H and O–H groups in total. The third-order valence-electron chi connectivity index (χ3n) is 3.93. The number of hydrogen-bond acceptors (Lipinski definition) is 5. The van der Waals surface area contributed by atoms with E-state index in [1.807, 2.05) is 17.0 Å². The van der Waals surface area contributed by atoms with Crippen molar-refractivity contribution >= 4 is 23.4 Å². The predicted molar refractivity (Wildman–Crippen MR) is 88.5 cm³/mol. The first-order chi connectivity index (χ1) is 11.6. The highest BCUT2D eigenvalue weighted by atomic mass is 35.5. The number of rotatable bonds is 4. The van der Waals surface area contributed by atoms with E-state index in [-0.39, 0.29) is 24.1 Å². The van der Waals surface area contributed by atoms with Crippen LogP contribution in [0.15, 0.2) is 35.1 Å². The number of amides is 2. The molecular formula is C16H17ClN4O3. The number of primary amides is 1. The van der Waals surface area contributed by atoms with Gasteiger partial charge in [0.1, 0.15) is 0 Å². The van der Waals surface area contributed by atoms with Crippen LogP contribution in [-0.2, 0) is 4.79 Å². The van der Waals surface area contributed by atoms with Crippen molar-refractivity contribution in [1.82, 2.24) is 14.8 Å². The summed E-state index contributed by atoms with van der Waals surface area (Å²) in [5.41, 5.74) is 6.07. The van der Waals surface area contributed by atoms with Gasteiger partial charge in [-0.3, -0.25) is 14.5 Å². The van der Waals surface area contributed by atoms with Crippen LogP contribution in [-0.4, -0.2) is 59.3 Å².